The Morgan fingerprint density at radius 2 is 1.75 bits per heavy atom. The molecular weight excluding hydrogens is 347 g/mol. The molecular formula is C18H18Cl2N2O2. The Bertz CT molecular complexity index is 748. The zero-order chi connectivity index (χ0) is 17.5. The van der Waals surface area contributed by atoms with Gasteiger partial charge in [0.05, 0.1) is 13.0 Å². The van der Waals surface area contributed by atoms with Crippen molar-refractivity contribution in [2.75, 3.05) is 11.9 Å². The van der Waals surface area contributed by atoms with Crippen LogP contribution in [0.5, 0.6) is 0 Å². The number of amides is 2. The van der Waals surface area contributed by atoms with Gasteiger partial charge >= 0.3 is 0 Å². The number of carbonyl (C=O) groups is 2. The van der Waals surface area contributed by atoms with Gasteiger partial charge in [0.15, 0.2) is 0 Å². The maximum Gasteiger partial charge on any atom is 0.243 e. The molecule has 0 heterocycles. The highest BCUT2D eigenvalue weighted by atomic mass is 35.5. The normalized spacial score (nSPS) is 10.3. The van der Waals surface area contributed by atoms with E-state index < -0.39 is 0 Å². The van der Waals surface area contributed by atoms with Crippen LogP contribution < -0.4 is 10.6 Å². The Morgan fingerprint density at radius 3 is 2.46 bits per heavy atom. The van der Waals surface area contributed by atoms with E-state index in [2.05, 4.69) is 10.6 Å². The SMILES string of the molecule is CCc1ccccc1NC(=O)CNC(=O)Cc1ccc(Cl)cc1Cl. The van der Waals surface area contributed by atoms with E-state index in [1.165, 1.54) is 0 Å². The number of benzene rings is 2. The van der Waals surface area contributed by atoms with Gasteiger partial charge in [-0.15, -0.1) is 0 Å². The molecule has 0 spiro atoms. The van der Waals surface area contributed by atoms with Gasteiger partial charge in [-0.1, -0.05) is 54.4 Å². The largest absolute Gasteiger partial charge is 0.347 e. The molecule has 0 saturated carbocycles. The lowest BCUT2D eigenvalue weighted by atomic mass is 10.1. The predicted octanol–water partition coefficient (Wildman–Crippen LogP) is 3.85. The highest BCUT2D eigenvalue weighted by Crippen LogP contribution is 2.21. The number of anilines is 1. The van der Waals surface area contributed by atoms with Crippen molar-refractivity contribution in [2.24, 2.45) is 0 Å². The summed E-state index contributed by atoms with van der Waals surface area (Å²) >= 11 is 11.9. The van der Waals surface area contributed by atoms with Gasteiger partial charge in [-0.25, -0.2) is 0 Å². The van der Waals surface area contributed by atoms with Crippen LogP contribution in [-0.2, 0) is 22.4 Å². The van der Waals surface area contributed by atoms with Gasteiger partial charge in [0, 0.05) is 15.7 Å². The fraction of sp³-hybridized carbons (Fsp3) is 0.222. The van der Waals surface area contributed by atoms with E-state index in [0.717, 1.165) is 17.7 Å². The minimum atomic E-state index is -0.279. The second-order valence-corrected chi connectivity index (χ2v) is 6.09. The molecule has 24 heavy (non-hydrogen) atoms. The zero-order valence-electron chi connectivity index (χ0n) is 13.2. The molecule has 6 heteroatoms. The zero-order valence-corrected chi connectivity index (χ0v) is 14.7. The number of para-hydroxylation sites is 1. The molecule has 0 aliphatic carbocycles. The van der Waals surface area contributed by atoms with E-state index in [0.29, 0.717) is 15.6 Å². The number of hydrogen-bond acceptors (Lipinski definition) is 2. The molecule has 2 rings (SSSR count). The third-order valence-electron chi connectivity index (χ3n) is 3.48. The molecule has 0 unspecified atom stereocenters. The van der Waals surface area contributed by atoms with Crippen molar-refractivity contribution in [3.63, 3.8) is 0 Å². The first-order chi connectivity index (χ1) is 11.5. The Labute approximate surface area is 151 Å². The minimum absolute atomic E-state index is 0.0921. The average molecular weight is 365 g/mol. The Balaban J connectivity index is 1.86. The van der Waals surface area contributed by atoms with Crippen molar-refractivity contribution in [2.45, 2.75) is 19.8 Å². The van der Waals surface area contributed by atoms with Crippen molar-refractivity contribution in [1.29, 1.82) is 0 Å². The molecule has 0 bridgehead atoms. The molecule has 0 aromatic heterocycles. The van der Waals surface area contributed by atoms with Crippen molar-refractivity contribution in [3.8, 4) is 0 Å². The summed E-state index contributed by atoms with van der Waals surface area (Å²) in [4.78, 5) is 23.9. The molecule has 2 N–H and O–H groups in total. The number of carbonyl (C=O) groups excluding carboxylic acids is 2. The third kappa shape index (κ3) is 5.25. The number of aryl methyl sites for hydroxylation is 1. The molecule has 0 aliphatic heterocycles. The maximum absolute atomic E-state index is 12.0. The molecule has 0 radical (unpaired) electrons. The Kier molecular flexibility index (Phi) is 6.64. The highest BCUT2D eigenvalue weighted by Gasteiger charge is 2.10. The van der Waals surface area contributed by atoms with Gasteiger partial charge in [-0.2, -0.15) is 0 Å². The van der Waals surface area contributed by atoms with Crippen molar-refractivity contribution in [1.82, 2.24) is 5.32 Å². The number of halogens is 2. The first-order valence-corrected chi connectivity index (χ1v) is 8.33. The van der Waals surface area contributed by atoms with E-state index in [4.69, 9.17) is 23.2 Å². The number of nitrogens with one attached hydrogen (secondary N) is 2. The molecule has 0 atom stereocenters. The van der Waals surface area contributed by atoms with Gasteiger partial charge in [0.2, 0.25) is 11.8 Å². The topological polar surface area (TPSA) is 58.2 Å². The molecule has 0 saturated heterocycles. The van der Waals surface area contributed by atoms with Crippen LogP contribution in [0.25, 0.3) is 0 Å². The second kappa shape index (κ2) is 8.71. The van der Waals surface area contributed by atoms with Crippen LogP contribution in [0.4, 0.5) is 5.69 Å². The van der Waals surface area contributed by atoms with E-state index in [-0.39, 0.29) is 24.8 Å². The van der Waals surface area contributed by atoms with Crippen LogP contribution in [0.1, 0.15) is 18.1 Å². The van der Waals surface area contributed by atoms with Crippen LogP contribution in [0, 0.1) is 0 Å². The molecule has 2 aromatic rings. The average Bonchev–Trinajstić information content (AvgIpc) is 2.56. The Morgan fingerprint density at radius 1 is 1.00 bits per heavy atom. The fourth-order valence-corrected chi connectivity index (χ4v) is 2.70. The number of rotatable bonds is 6. The quantitative estimate of drug-likeness (QED) is 0.817. The van der Waals surface area contributed by atoms with Gasteiger partial charge in [-0.3, -0.25) is 9.59 Å². The van der Waals surface area contributed by atoms with Gasteiger partial charge in [0.25, 0.3) is 0 Å². The summed E-state index contributed by atoms with van der Waals surface area (Å²) in [6.45, 7) is 1.92. The highest BCUT2D eigenvalue weighted by molar-refractivity contribution is 6.35. The lowest BCUT2D eigenvalue weighted by Gasteiger charge is -2.10. The van der Waals surface area contributed by atoms with Gasteiger partial charge in [-0.05, 0) is 35.7 Å². The van der Waals surface area contributed by atoms with E-state index in [9.17, 15) is 9.59 Å². The second-order valence-electron chi connectivity index (χ2n) is 5.25. The summed E-state index contributed by atoms with van der Waals surface area (Å²) in [7, 11) is 0. The Hall–Kier alpha value is -2.04. The number of hydrogen-bond donors (Lipinski definition) is 2. The first kappa shape index (κ1) is 18.3. The minimum Gasteiger partial charge on any atom is -0.347 e. The van der Waals surface area contributed by atoms with E-state index in [1.54, 1.807) is 18.2 Å². The smallest absolute Gasteiger partial charge is 0.243 e. The lowest BCUT2D eigenvalue weighted by Crippen LogP contribution is -2.34. The molecule has 126 valence electrons. The van der Waals surface area contributed by atoms with Crippen molar-refractivity contribution >= 4 is 40.7 Å². The van der Waals surface area contributed by atoms with Crippen molar-refractivity contribution < 1.29 is 9.59 Å². The predicted molar refractivity (Wildman–Crippen MR) is 97.6 cm³/mol. The van der Waals surface area contributed by atoms with Crippen LogP contribution >= 0.6 is 23.2 Å². The van der Waals surface area contributed by atoms with Crippen LogP contribution in [0.15, 0.2) is 42.5 Å². The standard InChI is InChI=1S/C18H18Cl2N2O2/c1-2-12-5-3-4-6-16(12)22-18(24)11-21-17(23)9-13-7-8-14(19)10-15(13)20/h3-8,10H,2,9,11H2,1H3,(H,21,23)(H,22,24). The summed E-state index contributed by atoms with van der Waals surface area (Å²) in [6.07, 6.45) is 0.909. The summed E-state index contributed by atoms with van der Waals surface area (Å²) in [5.74, 6) is -0.551. The summed E-state index contributed by atoms with van der Waals surface area (Å²) in [6, 6.07) is 12.5. The summed E-state index contributed by atoms with van der Waals surface area (Å²) in [5, 5.41) is 6.33. The maximum atomic E-state index is 12.0. The van der Waals surface area contributed by atoms with Gasteiger partial charge < -0.3 is 10.6 Å². The summed E-state index contributed by atoms with van der Waals surface area (Å²) in [5.41, 5.74) is 2.47. The van der Waals surface area contributed by atoms with E-state index in [1.807, 2.05) is 31.2 Å². The first-order valence-electron chi connectivity index (χ1n) is 7.58. The monoisotopic (exact) mass is 364 g/mol. The fourth-order valence-electron chi connectivity index (χ4n) is 2.22. The molecule has 0 fully saturated rings. The molecule has 0 aliphatic rings. The van der Waals surface area contributed by atoms with Crippen molar-refractivity contribution in [3.05, 3.63) is 63.6 Å². The third-order valence-corrected chi connectivity index (χ3v) is 4.07. The van der Waals surface area contributed by atoms with Crippen LogP contribution in [0.3, 0.4) is 0 Å². The van der Waals surface area contributed by atoms with E-state index >= 15 is 0 Å². The molecule has 4 nitrogen and oxygen atoms in total. The van der Waals surface area contributed by atoms with Gasteiger partial charge in [0.1, 0.15) is 0 Å². The van der Waals surface area contributed by atoms with Crippen LogP contribution in [0.2, 0.25) is 10.0 Å². The van der Waals surface area contributed by atoms with Crippen LogP contribution in [-0.4, -0.2) is 18.4 Å². The molecule has 2 aromatic carbocycles. The molecule has 2 amide bonds. The summed E-state index contributed by atoms with van der Waals surface area (Å²) < 4.78 is 0. The lowest BCUT2D eigenvalue weighted by molar-refractivity contribution is -0.123.